The van der Waals surface area contributed by atoms with Gasteiger partial charge in [0.15, 0.2) is 0 Å². The molecule has 0 bridgehead atoms. The highest BCUT2D eigenvalue weighted by atomic mass is 14.2. The fraction of sp³-hybridized carbons (Fsp3) is 0.100. The molecule has 0 aromatic heterocycles. The van der Waals surface area contributed by atoms with Crippen LogP contribution in [0.25, 0.3) is 6.08 Å². The fourth-order valence-electron chi connectivity index (χ4n) is 1.01. The molecular weight excluding hydrogens is 134 g/mol. The van der Waals surface area contributed by atoms with E-state index >= 15 is 0 Å². The fourth-order valence-corrected chi connectivity index (χ4v) is 1.01. The Bertz CT molecular complexity index is 318. The van der Waals surface area contributed by atoms with Gasteiger partial charge < -0.3 is 0 Å². The Labute approximate surface area is 66.6 Å². The molecule has 0 radical (unpaired) electrons. The van der Waals surface area contributed by atoms with E-state index in [9.17, 15) is 0 Å². The molecule has 0 unspecified atom stereocenters. The molecule has 0 aliphatic rings. The lowest BCUT2D eigenvalue weighted by Gasteiger charge is -1.99. The zero-order valence-electron chi connectivity index (χ0n) is 6.46. The van der Waals surface area contributed by atoms with Crippen molar-refractivity contribution in [2.75, 3.05) is 0 Å². The van der Waals surface area contributed by atoms with Gasteiger partial charge in [-0.3, -0.25) is 0 Å². The predicted molar refractivity (Wildman–Crippen MR) is 46.0 cm³/mol. The van der Waals surface area contributed by atoms with Crippen LogP contribution in [-0.4, -0.2) is 0 Å². The Balaban J connectivity index is 3.38. The molecule has 1 nitrogen and oxygen atoms in total. The maximum Gasteiger partial charge on any atom is 0.100 e. The van der Waals surface area contributed by atoms with Gasteiger partial charge >= 0.3 is 0 Å². The summed E-state index contributed by atoms with van der Waals surface area (Å²) in [5.74, 6) is 0. The van der Waals surface area contributed by atoms with E-state index in [1.165, 1.54) is 0 Å². The number of aryl methyl sites for hydroxylation is 1. The lowest BCUT2D eigenvalue weighted by atomic mass is 10.0. The molecule has 0 aliphatic heterocycles. The molecule has 0 saturated heterocycles. The van der Waals surface area contributed by atoms with Crippen molar-refractivity contribution in [1.29, 1.82) is 5.26 Å². The summed E-state index contributed by atoms with van der Waals surface area (Å²) >= 11 is 0. The van der Waals surface area contributed by atoms with Crippen molar-refractivity contribution >= 4 is 6.08 Å². The minimum atomic E-state index is 0.725. The number of hydrogen-bond donors (Lipinski definition) is 0. The van der Waals surface area contributed by atoms with Crippen LogP contribution in [0.3, 0.4) is 0 Å². The second-order valence-electron chi connectivity index (χ2n) is 2.36. The Kier molecular flexibility index (Phi) is 2.08. The average molecular weight is 143 g/mol. The minimum absolute atomic E-state index is 0.725. The van der Waals surface area contributed by atoms with Crippen molar-refractivity contribution < 1.29 is 0 Å². The quantitative estimate of drug-likeness (QED) is 0.592. The summed E-state index contributed by atoms with van der Waals surface area (Å²) < 4.78 is 0. The molecule has 0 spiro atoms. The molecule has 0 N–H and O–H groups in total. The van der Waals surface area contributed by atoms with Crippen molar-refractivity contribution in [2.45, 2.75) is 6.92 Å². The van der Waals surface area contributed by atoms with Gasteiger partial charge in [0, 0.05) is 0 Å². The smallest absolute Gasteiger partial charge is 0.100 e. The molecule has 1 aromatic rings. The van der Waals surface area contributed by atoms with Crippen LogP contribution >= 0.6 is 0 Å². The minimum Gasteiger partial charge on any atom is -0.192 e. The number of rotatable bonds is 1. The van der Waals surface area contributed by atoms with Crippen LogP contribution < -0.4 is 0 Å². The van der Waals surface area contributed by atoms with Crippen LogP contribution in [0.2, 0.25) is 0 Å². The third-order valence-corrected chi connectivity index (χ3v) is 1.64. The second-order valence-corrected chi connectivity index (χ2v) is 2.36. The first-order valence-electron chi connectivity index (χ1n) is 3.41. The van der Waals surface area contributed by atoms with Gasteiger partial charge in [0.2, 0.25) is 0 Å². The lowest BCUT2D eigenvalue weighted by Crippen LogP contribution is -1.85. The van der Waals surface area contributed by atoms with Crippen LogP contribution in [0.15, 0.2) is 24.8 Å². The van der Waals surface area contributed by atoms with E-state index in [1.54, 1.807) is 6.08 Å². The maximum absolute atomic E-state index is 8.73. The van der Waals surface area contributed by atoms with Gasteiger partial charge in [-0.15, -0.1) is 0 Å². The summed E-state index contributed by atoms with van der Waals surface area (Å²) in [5.41, 5.74) is 2.64. The van der Waals surface area contributed by atoms with Gasteiger partial charge in [0.1, 0.15) is 6.07 Å². The first kappa shape index (κ1) is 7.56. The Hall–Kier alpha value is -1.55. The summed E-state index contributed by atoms with van der Waals surface area (Å²) in [6.45, 7) is 5.55. The molecule has 1 heteroatoms. The second kappa shape index (κ2) is 3.03. The van der Waals surface area contributed by atoms with Crippen LogP contribution in [0, 0.1) is 18.3 Å². The van der Waals surface area contributed by atoms with E-state index in [0.29, 0.717) is 0 Å². The van der Waals surface area contributed by atoms with E-state index in [4.69, 9.17) is 5.26 Å². The van der Waals surface area contributed by atoms with Gasteiger partial charge in [-0.1, -0.05) is 30.9 Å². The third kappa shape index (κ3) is 1.30. The first-order valence-corrected chi connectivity index (χ1v) is 3.41. The normalized spacial score (nSPS) is 8.73. The van der Waals surface area contributed by atoms with Crippen LogP contribution in [0.5, 0.6) is 0 Å². The molecule has 0 amide bonds. The van der Waals surface area contributed by atoms with Gasteiger partial charge in [-0.05, 0) is 18.1 Å². The molecule has 0 heterocycles. The molecule has 1 rings (SSSR count). The zero-order chi connectivity index (χ0) is 8.27. The van der Waals surface area contributed by atoms with Crippen molar-refractivity contribution in [3.05, 3.63) is 41.5 Å². The number of nitrogens with zero attached hydrogens (tertiary/aromatic N) is 1. The first-order chi connectivity index (χ1) is 5.29. The topological polar surface area (TPSA) is 23.8 Å². The summed E-state index contributed by atoms with van der Waals surface area (Å²) in [5, 5.41) is 8.73. The number of benzene rings is 1. The van der Waals surface area contributed by atoms with Crippen molar-refractivity contribution in [3.8, 4) is 6.07 Å². The Morgan fingerprint density at radius 1 is 1.55 bits per heavy atom. The van der Waals surface area contributed by atoms with Gasteiger partial charge in [-0.25, -0.2) is 0 Å². The van der Waals surface area contributed by atoms with Crippen molar-refractivity contribution in [2.24, 2.45) is 0 Å². The van der Waals surface area contributed by atoms with Gasteiger partial charge in [0.25, 0.3) is 0 Å². The highest BCUT2D eigenvalue weighted by molar-refractivity contribution is 5.58. The summed E-state index contributed by atoms with van der Waals surface area (Å²) in [6.07, 6.45) is 1.70. The SMILES string of the molecule is C=Cc1cccc(C)c1C#N. The summed E-state index contributed by atoms with van der Waals surface area (Å²) in [6, 6.07) is 7.88. The molecule has 54 valence electrons. The van der Waals surface area contributed by atoms with E-state index in [0.717, 1.165) is 16.7 Å². The molecule has 0 saturated carbocycles. The van der Waals surface area contributed by atoms with Crippen molar-refractivity contribution in [1.82, 2.24) is 0 Å². The standard InChI is InChI=1S/C10H9N/c1-3-9-6-4-5-8(2)10(9)7-11/h3-6H,1H2,2H3. The Morgan fingerprint density at radius 3 is 2.73 bits per heavy atom. The molecule has 0 aliphatic carbocycles. The monoisotopic (exact) mass is 143 g/mol. The molecular formula is C10H9N. The largest absolute Gasteiger partial charge is 0.192 e. The highest BCUT2D eigenvalue weighted by Crippen LogP contribution is 2.13. The molecule has 0 fully saturated rings. The highest BCUT2D eigenvalue weighted by Gasteiger charge is 1.99. The van der Waals surface area contributed by atoms with E-state index < -0.39 is 0 Å². The molecule has 1 aromatic carbocycles. The lowest BCUT2D eigenvalue weighted by molar-refractivity contribution is 1.38. The van der Waals surface area contributed by atoms with E-state index in [1.807, 2.05) is 25.1 Å². The maximum atomic E-state index is 8.73. The Morgan fingerprint density at radius 2 is 2.27 bits per heavy atom. The molecule has 11 heavy (non-hydrogen) atoms. The van der Waals surface area contributed by atoms with E-state index in [2.05, 4.69) is 12.6 Å². The van der Waals surface area contributed by atoms with Crippen LogP contribution in [-0.2, 0) is 0 Å². The zero-order valence-corrected chi connectivity index (χ0v) is 6.46. The average Bonchev–Trinajstić information content (AvgIpc) is 2.04. The summed E-state index contributed by atoms with van der Waals surface area (Å²) in [4.78, 5) is 0. The number of nitriles is 1. The van der Waals surface area contributed by atoms with Crippen LogP contribution in [0.4, 0.5) is 0 Å². The van der Waals surface area contributed by atoms with E-state index in [-0.39, 0.29) is 0 Å². The van der Waals surface area contributed by atoms with Crippen LogP contribution in [0.1, 0.15) is 16.7 Å². The van der Waals surface area contributed by atoms with Gasteiger partial charge in [-0.2, -0.15) is 5.26 Å². The number of hydrogen-bond acceptors (Lipinski definition) is 1. The van der Waals surface area contributed by atoms with Crippen molar-refractivity contribution in [3.63, 3.8) is 0 Å². The van der Waals surface area contributed by atoms with Gasteiger partial charge in [0.05, 0.1) is 5.56 Å². The summed E-state index contributed by atoms with van der Waals surface area (Å²) in [7, 11) is 0. The molecule has 0 atom stereocenters. The third-order valence-electron chi connectivity index (χ3n) is 1.64. The predicted octanol–water partition coefficient (Wildman–Crippen LogP) is 2.51.